The van der Waals surface area contributed by atoms with Gasteiger partial charge in [0.05, 0.1) is 28.6 Å². The number of amides is 1. The number of halogens is 1. The van der Waals surface area contributed by atoms with Crippen LogP contribution in [0.3, 0.4) is 0 Å². The summed E-state index contributed by atoms with van der Waals surface area (Å²) in [6.07, 6.45) is 4.95. The number of rotatable bonds is 18. The number of hydrogen-bond acceptors (Lipinski definition) is 10. The summed E-state index contributed by atoms with van der Waals surface area (Å²) in [6.45, 7) is 6.28. The molecule has 1 aliphatic heterocycles. The van der Waals surface area contributed by atoms with Crippen LogP contribution in [0.2, 0.25) is 5.02 Å². The normalized spacial score (nSPS) is 14.1. The first-order chi connectivity index (χ1) is 29.6. The van der Waals surface area contributed by atoms with Gasteiger partial charge >= 0.3 is 5.97 Å². The number of hydrogen-bond donors (Lipinski definition) is 5. The zero-order valence-electron chi connectivity index (χ0n) is 34.0. The lowest BCUT2D eigenvalue weighted by Gasteiger charge is -2.19. The van der Waals surface area contributed by atoms with Crippen molar-refractivity contribution in [3.05, 3.63) is 141 Å². The van der Waals surface area contributed by atoms with Gasteiger partial charge in [-0.05, 0) is 89.0 Å². The molecular formula is C48H47ClN6O6. The Morgan fingerprint density at radius 1 is 0.918 bits per heavy atom. The van der Waals surface area contributed by atoms with Crippen LogP contribution >= 0.6 is 11.6 Å². The Morgan fingerprint density at radius 3 is 2.48 bits per heavy atom. The minimum atomic E-state index is -1.09. The van der Waals surface area contributed by atoms with E-state index in [1.54, 1.807) is 24.4 Å². The number of carboxylic acids is 1. The number of fused-ring (bicyclic) bond motifs is 1. The van der Waals surface area contributed by atoms with Gasteiger partial charge in [-0.25, -0.2) is 0 Å². The number of aliphatic hydroxyl groups is 1. The molecule has 5 N–H and O–H groups in total. The number of nitriles is 1. The second-order valence-electron chi connectivity index (χ2n) is 15.2. The summed E-state index contributed by atoms with van der Waals surface area (Å²) in [5, 5.41) is 39.5. The molecule has 0 spiro atoms. The molecule has 2 aromatic heterocycles. The average Bonchev–Trinajstić information content (AvgIpc) is 3.67. The zero-order chi connectivity index (χ0) is 42.9. The van der Waals surface area contributed by atoms with Gasteiger partial charge in [-0.3, -0.25) is 19.6 Å². The highest BCUT2D eigenvalue weighted by Gasteiger charge is 2.20. The average molecular weight is 839 g/mol. The molecule has 0 unspecified atom stereocenters. The number of nitrogens with zero attached hydrogens (tertiary/aromatic N) is 3. The van der Waals surface area contributed by atoms with Gasteiger partial charge in [-0.15, -0.1) is 0 Å². The second kappa shape index (κ2) is 19.8. The molecule has 7 rings (SSSR count). The van der Waals surface area contributed by atoms with E-state index in [-0.39, 0.29) is 44.7 Å². The Labute approximate surface area is 359 Å². The van der Waals surface area contributed by atoms with E-state index in [0.29, 0.717) is 46.2 Å². The number of pyridine rings is 2. The highest BCUT2D eigenvalue weighted by molar-refractivity contribution is 6.32. The topological polar surface area (TPSA) is 179 Å². The van der Waals surface area contributed by atoms with Crippen LogP contribution < -0.4 is 25.4 Å². The van der Waals surface area contributed by atoms with Crippen LogP contribution in [0.1, 0.15) is 58.2 Å². The highest BCUT2D eigenvalue weighted by Crippen LogP contribution is 2.37. The quantitative estimate of drug-likeness (QED) is 0.0577. The van der Waals surface area contributed by atoms with Crippen molar-refractivity contribution in [3.8, 4) is 39.8 Å². The Hall–Kier alpha value is -6.36. The lowest BCUT2D eigenvalue weighted by atomic mass is 9.89. The number of aromatic nitrogens is 2. The van der Waals surface area contributed by atoms with Crippen LogP contribution in [0.15, 0.2) is 97.5 Å². The standard InChI is InChI=1S/C48H47ClN6O6/c1-29-35(28-61-46-19-45(60-27-32-15-31(20-50)21-51-22-32)36(16-43(46)49)24-53-26-38(56)18-48(58)59)5-3-7-40(29)41-8-4-6-39(30(41)2)33-9-11-42-34(13-14-54-44(42)17-33)23-52-25-37-10-12-47(57)55-37/h3-9,11,13-17,19,21-22,37-38,52-53,56H,10,12,18,23-28H2,1-2H3,(H,55,57)(H,58,59)/t37-,38+/m1/s1. The van der Waals surface area contributed by atoms with Gasteiger partial charge in [0.2, 0.25) is 5.91 Å². The first-order valence-electron chi connectivity index (χ1n) is 20.2. The summed E-state index contributed by atoms with van der Waals surface area (Å²) in [6, 6.07) is 28.4. The van der Waals surface area contributed by atoms with Crippen LogP contribution in [0.25, 0.3) is 33.2 Å². The molecule has 61 heavy (non-hydrogen) atoms. The minimum absolute atomic E-state index is 0.0524. The molecule has 0 radical (unpaired) electrons. The van der Waals surface area contributed by atoms with Gasteiger partial charge in [0, 0.05) is 79.8 Å². The summed E-state index contributed by atoms with van der Waals surface area (Å²) in [4.78, 5) is 31.5. The first-order valence-corrected chi connectivity index (χ1v) is 20.5. The van der Waals surface area contributed by atoms with E-state index in [2.05, 4.69) is 83.3 Å². The summed E-state index contributed by atoms with van der Waals surface area (Å²) < 4.78 is 12.6. The Balaban J connectivity index is 1.08. The molecule has 6 aromatic rings. The second-order valence-corrected chi connectivity index (χ2v) is 15.7. The molecule has 3 heterocycles. The molecule has 4 aromatic carbocycles. The summed E-state index contributed by atoms with van der Waals surface area (Å²) >= 11 is 6.79. The van der Waals surface area contributed by atoms with E-state index in [1.807, 2.05) is 24.4 Å². The minimum Gasteiger partial charge on any atom is -0.488 e. The van der Waals surface area contributed by atoms with Gasteiger partial charge in [0.1, 0.15) is 30.8 Å². The molecule has 0 aliphatic carbocycles. The van der Waals surface area contributed by atoms with E-state index in [0.717, 1.165) is 68.4 Å². The predicted molar refractivity (Wildman–Crippen MR) is 234 cm³/mol. The number of aliphatic carboxylic acids is 1. The molecule has 0 saturated carbocycles. The number of carbonyl (C=O) groups excluding carboxylic acids is 1. The van der Waals surface area contributed by atoms with Crippen LogP contribution in [0, 0.1) is 25.2 Å². The van der Waals surface area contributed by atoms with Gasteiger partial charge in [0.25, 0.3) is 0 Å². The number of nitrogens with one attached hydrogen (secondary N) is 3. The molecular weight excluding hydrogens is 792 g/mol. The Bertz CT molecular complexity index is 2610. The van der Waals surface area contributed by atoms with Gasteiger partial charge in [0.15, 0.2) is 0 Å². The van der Waals surface area contributed by atoms with Crippen LogP contribution in [-0.2, 0) is 35.9 Å². The molecule has 12 nitrogen and oxygen atoms in total. The van der Waals surface area contributed by atoms with Gasteiger partial charge < -0.3 is 35.6 Å². The number of carboxylic acid groups (broad SMARTS) is 1. The maximum atomic E-state index is 11.6. The third-order valence-electron chi connectivity index (χ3n) is 10.9. The number of ether oxygens (including phenoxy) is 2. The largest absolute Gasteiger partial charge is 0.488 e. The van der Waals surface area contributed by atoms with Crippen molar-refractivity contribution in [2.75, 3.05) is 13.1 Å². The van der Waals surface area contributed by atoms with Crippen LogP contribution in [-0.4, -0.2) is 57.3 Å². The molecule has 1 amide bonds. The van der Waals surface area contributed by atoms with Crippen molar-refractivity contribution in [1.29, 1.82) is 5.26 Å². The molecule has 2 atom stereocenters. The molecule has 1 fully saturated rings. The predicted octanol–water partition coefficient (Wildman–Crippen LogP) is 7.56. The van der Waals surface area contributed by atoms with E-state index < -0.39 is 12.1 Å². The summed E-state index contributed by atoms with van der Waals surface area (Å²) in [5.41, 5.74) is 11.4. The first kappa shape index (κ1) is 42.8. The van der Waals surface area contributed by atoms with Crippen molar-refractivity contribution < 1.29 is 29.3 Å². The number of aliphatic hydroxyl groups excluding tert-OH is 1. The van der Waals surface area contributed by atoms with Gasteiger partial charge in [-0.1, -0.05) is 60.1 Å². The van der Waals surface area contributed by atoms with E-state index >= 15 is 0 Å². The van der Waals surface area contributed by atoms with E-state index in [9.17, 15) is 20.0 Å². The van der Waals surface area contributed by atoms with Crippen molar-refractivity contribution in [2.45, 2.75) is 71.6 Å². The van der Waals surface area contributed by atoms with E-state index in [4.69, 9.17) is 31.2 Å². The van der Waals surface area contributed by atoms with Crippen molar-refractivity contribution in [1.82, 2.24) is 25.9 Å². The maximum absolute atomic E-state index is 11.6. The molecule has 1 saturated heterocycles. The highest BCUT2D eigenvalue weighted by atomic mass is 35.5. The fraction of sp³-hybridized carbons (Fsp3) is 0.271. The fourth-order valence-corrected chi connectivity index (χ4v) is 7.90. The fourth-order valence-electron chi connectivity index (χ4n) is 7.66. The Kier molecular flexibility index (Phi) is 13.9. The third kappa shape index (κ3) is 10.7. The smallest absolute Gasteiger partial charge is 0.306 e. The zero-order valence-corrected chi connectivity index (χ0v) is 34.8. The molecule has 312 valence electrons. The monoisotopic (exact) mass is 838 g/mol. The number of carbonyl (C=O) groups is 2. The van der Waals surface area contributed by atoms with Crippen LogP contribution in [0.4, 0.5) is 0 Å². The summed E-state index contributed by atoms with van der Waals surface area (Å²) in [5.74, 6) is -0.0995. The number of benzene rings is 4. The van der Waals surface area contributed by atoms with E-state index in [1.165, 1.54) is 6.20 Å². The summed E-state index contributed by atoms with van der Waals surface area (Å²) in [7, 11) is 0. The Morgan fingerprint density at radius 2 is 1.69 bits per heavy atom. The lowest BCUT2D eigenvalue weighted by molar-refractivity contribution is -0.139. The molecule has 1 aliphatic rings. The van der Waals surface area contributed by atoms with Crippen molar-refractivity contribution in [3.63, 3.8) is 0 Å². The van der Waals surface area contributed by atoms with Crippen molar-refractivity contribution >= 4 is 34.4 Å². The lowest BCUT2D eigenvalue weighted by Crippen LogP contribution is -2.35. The third-order valence-corrected chi connectivity index (χ3v) is 11.2. The van der Waals surface area contributed by atoms with Crippen molar-refractivity contribution in [2.24, 2.45) is 0 Å². The van der Waals surface area contributed by atoms with Gasteiger partial charge in [-0.2, -0.15) is 5.26 Å². The SMILES string of the molecule is Cc1c(COc2cc(OCc3cncc(C#N)c3)c(CNC[C@@H](O)CC(=O)O)cc2Cl)cccc1-c1cccc(-c2ccc3c(CNC[C@H]4CCC(=O)N4)ccnc3c2)c1C. The molecule has 0 bridgehead atoms. The maximum Gasteiger partial charge on any atom is 0.306 e. The van der Waals surface area contributed by atoms with Crippen LogP contribution in [0.5, 0.6) is 11.5 Å². The molecule has 13 heteroatoms.